The van der Waals surface area contributed by atoms with Crippen molar-refractivity contribution in [1.29, 1.82) is 0 Å². The van der Waals surface area contributed by atoms with Crippen molar-refractivity contribution in [2.45, 2.75) is 0 Å². The van der Waals surface area contributed by atoms with E-state index in [9.17, 15) is 24.5 Å². The Morgan fingerprint density at radius 2 is 1.81 bits per heavy atom. The molecule has 0 radical (unpaired) electrons. The maximum absolute atomic E-state index is 12.8. The lowest BCUT2D eigenvalue weighted by atomic mass is 10.1. The zero-order valence-electron chi connectivity index (χ0n) is 18.8. The van der Waals surface area contributed by atoms with Gasteiger partial charge in [-0.15, -0.1) is 0 Å². The highest BCUT2D eigenvalue weighted by molar-refractivity contribution is 8.18. The van der Waals surface area contributed by atoms with Crippen molar-refractivity contribution in [2.24, 2.45) is 0 Å². The lowest BCUT2D eigenvalue weighted by Crippen LogP contribution is -2.36. The van der Waals surface area contributed by atoms with Gasteiger partial charge in [-0.2, -0.15) is 0 Å². The molecule has 0 atom stereocenters. The van der Waals surface area contributed by atoms with Crippen LogP contribution in [0.15, 0.2) is 41.3 Å². The van der Waals surface area contributed by atoms with Crippen molar-refractivity contribution in [3.05, 3.63) is 57.0 Å². The van der Waals surface area contributed by atoms with Crippen LogP contribution in [0.3, 0.4) is 0 Å². The molecule has 3 aliphatic heterocycles. The fourth-order valence-electron chi connectivity index (χ4n) is 3.92. The van der Waals surface area contributed by atoms with Crippen molar-refractivity contribution in [2.75, 3.05) is 49.9 Å². The molecule has 3 aliphatic rings. The first-order chi connectivity index (χ1) is 17.4. The molecule has 0 aromatic heterocycles. The summed E-state index contributed by atoms with van der Waals surface area (Å²) in [6.07, 6.45) is 1.24. The number of fused-ring (bicyclic) bond motifs is 1. The van der Waals surface area contributed by atoms with Crippen LogP contribution in [0.4, 0.5) is 21.9 Å². The van der Waals surface area contributed by atoms with Gasteiger partial charge in [-0.05, 0) is 48.2 Å². The summed E-state index contributed by atoms with van der Waals surface area (Å²) in [5.74, 6) is -0.742. The number of nitro groups is 1. The summed E-state index contributed by atoms with van der Waals surface area (Å²) in [7, 11) is 0. The number of morpholine rings is 1. The number of nitrogens with one attached hydrogen (secondary N) is 1. The molecule has 36 heavy (non-hydrogen) atoms. The Kier molecular flexibility index (Phi) is 6.48. The van der Waals surface area contributed by atoms with Crippen LogP contribution in [-0.4, -0.2) is 66.5 Å². The number of benzene rings is 2. The Balaban J connectivity index is 1.26. The predicted octanol–water partition coefficient (Wildman–Crippen LogP) is 2.84. The molecule has 186 valence electrons. The zero-order valence-corrected chi connectivity index (χ0v) is 19.6. The van der Waals surface area contributed by atoms with Gasteiger partial charge in [0.25, 0.3) is 16.8 Å². The molecule has 3 amide bonds. The minimum atomic E-state index is -0.713. The normalized spacial score (nSPS) is 18.2. The van der Waals surface area contributed by atoms with Gasteiger partial charge in [0, 0.05) is 24.5 Å². The summed E-state index contributed by atoms with van der Waals surface area (Å²) >= 11 is 0.605. The first kappa shape index (κ1) is 23.6. The minimum Gasteiger partial charge on any atom is -0.454 e. The highest BCUT2D eigenvalue weighted by Gasteiger charge is 2.37. The third-order valence-corrected chi connectivity index (χ3v) is 6.62. The Hall–Kier alpha value is -4.10. The molecule has 0 aliphatic carbocycles. The second-order valence-corrected chi connectivity index (χ2v) is 8.98. The summed E-state index contributed by atoms with van der Waals surface area (Å²) in [4.78, 5) is 51.6. The molecule has 5 rings (SSSR count). The van der Waals surface area contributed by atoms with E-state index in [1.807, 2.05) is 12.1 Å². The van der Waals surface area contributed by atoms with Crippen LogP contribution >= 0.6 is 11.8 Å². The van der Waals surface area contributed by atoms with Crippen LogP contribution in [0.25, 0.3) is 6.08 Å². The van der Waals surface area contributed by atoms with E-state index in [2.05, 4.69) is 10.2 Å². The standard InChI is InChI=1S/C23H20N4O8S/c28-21(24-15-1-3-16(4-2-15)25-5-7-33-8-6-25)12-26-22(29)20(36-23(26)30)10-14-9-18-19(35-13-34-18)11-17(14)27(31)32/h1-4,9-11H,5-8,12-13H2,(H,24,28)/b20-10-. The molecule has 0 saturated carbocycles. The number of carbonyl (C=O) groups is 3. The molecular formula is C23H20N4O8S. The van der Waals surface area contributed by atoms with Gasteiger partial charge in [-0.3, -0.25) is 29.4 Å². The quantitative estimate of drug-likeness (QED) is 0.349. The first-order valence-electron chi connectivity index (χ1n) is 10.9. The van der Waals surface area contributed by atoms with Crippen molar-refractivity contribution in [3.63, 3.8) is 0 Å². The SMILES string of the molecule is O=C(CN1C(=O)S/C(=C\c2cc3c(cc2[N+](=O)[O-])OCO3)C1=O)Nc1ccc(N2CCOCC2)cc1. The first-order valence-corrected chi connectivity index (χ1v) is 11.8. The maximum Gasteiger partial charge on any atom is 0.294 e. The molecule has 2 saturated heterocycles. The maximum atomic E-state index is 12.8. The van der Waals surface area contributed by atoms with Gasteiger partial charge in [0.15, 0.2) is 11.5 Å². The summed E-state index contributed by atoms with van der Waals surface area (Å²) in [5, 5.41) is 13.5. The van der Waals surface area contributed by atoms with Crippen molar-refractivity contribution >= 4 is 52.0 Å². The monoisotopic (exact) mass is 512 g/mol. The topological polar surface area (TPSA) is 141 Å². The van der Waals surface area contributed by atoms with Gasteiger partial charge in [-0.25, -0.2) is 0 Å². The van der Waals surface area contributed by atoms with Crippen LogP contribution in [0.5, 0.6) is 11.5 Å². The van der Waals surface area contributed by atoms with Crippen LogP contribution in [-0.2, 0) is 14.3 Å². The highest BCUT2D eigenvalue weighted by Crippen LogP contribution is 2.40. The number of amides is 3. The molecule has 2 fully saturated rings. The molecule has 1 N–H and O–H groups in total. The Morgan fingerprint density at radius 3 is 2.50 bits per heavy atom. The third-order valence-electron chi connectivity index (χ3n) is 5.71. The number of thioether (sulfide) groups is 1. The van der Waals surface area contributed by atoms with E-state index in [1.165, 1.54) is 18.2 Å². The van der Waals surface area contributed by atoms with Crippen molar-refractivity contribution < 1.29 is 33.5 Å². The van der Waals surface area contributed by atoms with Gasteiger partial charge in [-0.1, -0.05) is 0 Å². The van der Waals surface area contributed by atoms with E-state index in [0.717, 1.165) is 23.7 Å². The van der Waals surface area contributed by atoms with Gasteiger partial charge in [0.1, 0.15) is 6.54 Å². The smallest absolute Gasteiger partial charge is 0.294 e. The van der Waals surface area contributed by atoms with Crippen molar-refractivity contribution in [1.82, 2.24) is 4.90 Å². The van der Waals surface area contributed by atoms with Gasteiger partial charge in [0.05, 0.1) is 34.7 Å². The van der Waals surface area contributed by atoms with Crippen LogP contribution in [0.2, 0.25) is 0 Å². The van der Waals surface area contributed by atoms with E-state index < -0.39 is 28.5 Å². The second-order valence-electron chi connectivity index (χ2n) is 7.98. The molecule has 0 bridgehead atoms. The minimum absolute atomic E-state index is 0.0374. The second kappa shape index (κ2) is 9.87. The van der Waals surface area contributed by atoms with Gasteiger partial charge >= 0.3 is 0 Å². The van der Waals surface area contributed by atoms with E-state index in [0.29, 0.717) is 36.4 Å². The van der Waals surface area contributed by atoms with Crippen LogP contribution in [0.1, 0.15) is 5.56 Å². The molecule has 0 unspecified atom stereocenters. The van der Waals surface area contributed by atoms with Crippen LogP contribution < -0.4 is 19.7 Å². The lowest BCUT2D eigenvalue weighted by Gasteiger charge is -2.28. The summed E-state index contributed by atoms with van der Waals surface area (Å²) < 4.78 is 15.8. The van der Waals surface area contributed by atoms with E-state index >= 15 is 0 Å². The number of rotatable bonds is 6. The molecular weight excluding hydrogens is 492 g/mol. The molecule has 3 heterocycles. The Morgan fingerprint density at radius 1 is 1.11 bits per heavy atom. The Bertz CT molecular complexity index is 1270. The summed E-state index contributed by atoms with van der Waals surface area (Å²) in [6.45, 7) is 2.33. The largest absolute Gasteiger partial charge is 0.454 e. The number of imide groups is 1. The highest BCUT2D eigenvalue weighted by atomic mass is 32.2. The number of nitro benzene ring substituents is 1. The number of hydrogen-bond donors (Lipinski definition) is 1. The van der Waals surface area contributed by atoms with Crippen LogP contribution in [0, 0.1) is 10.1 Å². The molecule has 2 aromatic rings. The van der Waals surface area contributed by atoms with Gasteiger partial charge < -0.3 is 24.4 Å². The molecule has 0 spiro atoms. The Labute approximate surface area is 208 Å². The van der Waals surface area contributed by atoms with E-state index in [1.54, 1.807) is 12.1 Å². The predicted molar refractivity (Wildman–Crippen MR) is 130 cm³/mol. The molecule has 2 aromatic carbocycles. The zero-order chi connectivity index (χ0) is 25.2. The fraction of sp³-hybridized carbons (Fsp3) is 0.261. The van der Waals surface area contributed by atoms with E-state index in [-0.39, 0.29) is 28.7 Å². The fourth-order valence-corrected chi connectivity index (χ4v) is 4.75. The van der Waals surface area contributed by atoms with Crippen molar-refractivity contribution in [3.8, 4) is 11.5 Å². The number of anilines is 2. The third kappa shape index (κ3) is 4.83. The number of hydrogen-bond acceptors (Lipinski definition) is 10. The molecule has 13 heteroatoms. The average molecular weight is 513 g/mol. The van der Waals surface area contributed by atoms with Gasteiger partial charge in [0.2, 0.25) is 12.7 Å². The number of ether oxygens (including phenoxy) is 3. The lowest BCUT2D eigenvalue weighted by molar-refractivity contribution is -0.385. The summed E-state index contributed by atoms with van der Waals surface area (Å²) in [6, 6.07) is 9.83. The molecule has 12 nitrogen and oxygen atoms in total. The van der Waals surface area contributed by atoms with E-state index in [4.69, 9.17) is 14.2 Å². The number of nitrogens with zero attached hydrogens (tertiary/aromatic N) is 3. The average Bonchev–Trinajstić information content (AvgIpc) is 3.44. The number of carbonyl (C=O) groups excluding carboxylic acids is 3. The summed E-state index contributed by atoms with van der Waals surface area (Å²) in [5.41, 5.74) is 1.31.